The van der Waals surface area contributed by atoms with Gasteiger partial charge in [0.1, 0.15) is 46.0 Å². The quantitative estimate of drug-likeness (QED) is 0.125. The van der Waals surface area contributed by atoms with E-state index in [4.69, 9.17) is 23.7 Å². The molecule has 2 heterocycles. The number of nitrogens with zero attached hydrogens (tertiary/aromatic N) is 4. The lowest BCUT2D eigenvalue weighted by Gasteiger charge is -2.33. The van der Waals surface area contributed by atoms with Crippen molar-refractivity contribution in [1.82, 2.24) is 9.80 Å². The number of aryl methyl sites for hydroxylation is 2. The third kappa shape index (κ3) is 12.7. The number of hydrogen-bond acceptors (Lipinski definition) is 13. The minimum absolute atomic E-state index is 0.00868. The number of aromatic carboxylic acids is 1. The first-order valence-corrected chi connectivity index (χ1v) is 17.7. The summed E-state index contributed by atoms with van der Waals surface area (Å²) in [5, 5.41) is 31.5. The third-order valence-electron chi connectivity index (χ3n) is 8.40. The number of carboxylic acid groups (broad SMARTS) is 1. The molecule has 4 rings (SSSR count). The van der Waals surface area contributed by atoms with Crippen molar-refractivity contribution in [2.45, 2.75) is 104 Å². The zero-order valence-corrected chi connectivity index (χ0v) is 32.7. The molecule has 0 saturated carbocycles. The van der Waals surface area contributed by atoms with Crippen LogP contribution in [-0.4, -0.2) is 106 Å². The molecular weight excluding hydrogens is 724 g/mol. The van der Waals surface area contributed by atoms with Crippen molar-refractivity contribution in [3.63, 3.8) is 0 Å². The Morgan fingerprint density at radius 1 is 0.673 bits per heavy atom. The van der Waals surface area contributed by atoms with Crippen LogP contribution in [0.5, 0.6) is 11.5 Å². The van der Waals surface area contributed by atoms with Gasteiger partial charge in [-0.1, -0.05) is 0 Å². The van der Waals surface area contributed by atoms with Crippen LogP contribution in [0.3, 0.4) is 0 Å². The molecule has 2 aliphatic rings. The topological polar surface area (TPSA) is 227 Å². The number of carboxylic acids is 1. The van der Waals surface area contributed by atoms with Crippen LogP contribution in [0, 0.1) is 34.1 Å². The fraction of sp³-hybridized carbons (Fsp3) is 0.568. The second kappa shape index (κ2) is 18.1. The largest absolute Gasteiger partial charge is 0.489 e. The highest BCUT2D eigenvalue weighted by Crippen LogP contribution is 2.32. The molecule has 2 amide bonds. The van der Waals surface area contributed by atoms with Gasteiger partial charge in [0.05, 0.1) is 17.0 Å². The van der Waals surface area contributed by atoms with E-state index in [0.717, 1.165) is 6.07 Å². The van der Waals surface area contributed by atoms with Gasteiger partial charge in [0.2, 0.25) is 0 Å². The number of nitro groups is 2. The first-order valence-electron chi connectivity index (χ1n) is 17.7. The molecule has 0 radical (unpaired) electrons. The Hall–Kier alpha value is -5.68. The predicted octanol–water partition coefficient (Wildman–Crippen LogP) is 6.85. The molecule has 0 atom stereocenters. The smallest absolute Gasteiger partial charge is 0.410 e. The minimum atomic E-state index is -1.29. The minimum Gasteiger partial charge on any atom is -0.489 e. The maximum absolute atomic E-state index is 12.1. The molecule has 2 fully saturated rings. The molecule has 1 N–H and O–H groups in total. The Bertz CT molecular complexity index is 1770. The standard InChI is InChI=1S/C19H26N2O7.C18H24N2O7/c1-12-10-16(14(17(22)26-5)11-15(12)21(24)25)27-13-6-8-20(9-7-13)18(23)28-19(2,3)4;1-11-9-15(13(16(21)22)10-14(11)20(24)25)26-12-5-7-19(8-6-12)17(23)27-18(2,3)4/h10-11,13H,6-9H2,1-5H3;9-10,12H,5-8H2,1-4H3,(H,21,22). The summed E-state index contributed by atoms with van der Waals surface area (Å²) in [6, 6.07) is 5.04. The van der Waals surface area contributed by atoms with Crippen LogP contribution < -0.4 is 9.47 Å². The van der Waals surface area contributed by atoms with Gasteiger partial charge in [0.15, 0.2) is 0 Å². The lowest BCUT2D eigenvalue weighted by molar-refractivity contribution is -0.385. The number of esters is 1. The molecule has 0 bridgehead atoms. The Kier molecular flexibility index (Phi) is 14.4. The van der Waals surface area contributed by atoms with E-state index in [1.807, 2.05) is 20.8 Å². The predicted molar refractivity (Wildman–Crippen MR) is 197 cm³/mol. The van der Waals surface area contributed by atoms with Gasteiger partial charge < -0.3 is 38.6 Å². The molecule has 0 spiro atoms. The average molecular weight is 775 g/mol. The fourth-order valence-corrected chi connectivity index (χ4v) is 5.69. The number of benzene rings is 2. The molecule has 18 nitrogen and oxygen atoms in total. The summed E-state index contributed by atoms with van der Waals surface area (Å²) in [6.07, 6.45) is 0.838. The summed E-state index contributed by atoms with van der Waals surface area (Å²) in [4.78, 5) is 71.9. The van der Waals surface area contributed by atoms with Gasteiger partial charge in [-0.05, 0) is 67.5 Å². The Balaban J connectivity index is 0.000000296. The maximum atomic E-state index is 12.1. The monoisotopic (exact) mass is 774 g/mol. The lowest BCUT2D eigenvalue weighted by atomic mass is 10.1. The van der Waals surface area contributed by atoms with Crippen LogP contribution in [-0.2, 0) is 14.2 Å². The molecular formula is C37H50N4O14. The van der Waals surface area contributed by atoms with Crippen LogP contribution >= 0.6 is 0 Å². The van der Waals surface area contributed by atoms with Gasteiger partial charge in [-0.25, -0.2) is 19.2 Å². The van der Waals surface area contributed by atoms with Gasteiger partial charge in [0.25, 0.3) is 11.4 Å². The molecule has 55 heavy (non-hydrogen) atoms. The van der Waals surface area contributed by atoms with Gasteiger partial charge >= 0.3 is 24.1 Å². The van der Waals surface area contributed by atoms with E-state index >= 15 is 0 Å². The summed E-state index contributed by atoms with van der Waals surface area (Å²) < 4.78 is 27.2. The number of amides is 2. The van der Waals surface area contributed by atoms with Crippen molar-refractivity contribution in [3.05, 3.63) is 66.7 Å². The summed E-state index contributed by atoms with van der Waals surface area (Å²) >= 11 is 0. The summed E-state index contributed by atoms with van der Waals surface area (Å²) in [6.45, 7) is 15.7. The van der Waals surface area contributed by atoms with E-state index in [-0.39, 0.29) is 52.3 Å². The number of carbonyl (C=O) groups is 4. The van der Waals surface area contributed by atoms with Gasteiger partial charge in [-0.15, -0.1) is 0 Å². The first-order chi connectivity index (χ1) is 25.5. The number of carbonyl (C=O) groups excluding carboxylic acids is 3. The highest BCUT2D eigenvalue weighted by molar-refractivity contribution is 5.93. The Labute approximate surface area is 318 Å². The second-order valence-electron chi connectivity index (χ2n) is 15.1. The summed E-state index contributed by atoms with van der Waals surface area (Å²) in [5.41, 5.74) is -1.10. The van der Waals surface area contributed by atoms with Crippen molar-refractivity contribution < 1.29 is 57.8 Å². The van der Waals surface area contributed by atoms with E-state index in [0.29, 0.717) is 63.0 Å². The van der Waals surface area contributed by atoms with Crippen LogP contribution in [0.25, 0.3) is 0 Å². The molecule has 2 saturated heterocycles. The van der Waals surface area contributed by atoms with Crippen molar-refractivity contribution in [2.24, 2.45) is 0 Å². The van der Waals surface area contributed by atoms with E-state index < -0.39 is 39.1 Å². The summed E-state index contributed by atoms with van der Waals surface area (Å²) in [7, 11) is 1.21. The van der Waals surface area contributed by atoms with Gasteiger partial charge in [-0.2, -0.15) is 0 Å². The molecule has 0 aromatic heterocycles. The number of methoxy groups -OCH3 is 1. The molecule has 0 unspecified atom stereocenters. The van der Waals surface area contributed by atoms with E-state index in [9.17, 15) is 44.5 Å². The molecule has 2 aromatic carbocycles. The number of ether oxygens (including phenoxy) is 5. The van der Waals surface area contributed by atoms with Crippen LogP contribution in [0.1, 0.15) is 99.1 Å². The average Bonchev–Trinajstić information content (AvgIpc) is 3.07. The fourth-order valence-electron chi connectivity index (χ4n) is 5.69. The first kappa shape index (κ1) is 43.7. The van der Waals surface area contributed by atoms with Crippen molar-refractivity contribution in [1.29, 1.82) is 0 Å². The summed E-state index contributed by atoms with van der Waals surface area (Å²) in [5.74, 6) is -1.66. The number of piperidine rings is 2. The molecule has 2 aromatic rings. The van der Waals surface area contributed by atoms with Crippen molar-refractivity contribution in [3.8, 4) is 11.5 Å². The Morgan fingerprint density at radius 2 is 1.02 bits per heavy atom. The third-order valence-corrected chi connectivity index (χ3v) is 8.40. The lowest BCUT2D eigenvalue weighted by Crippen LogP contribution is -2.44. The maximum Gasteiger partial charge on any atom is 0.410 e. The highest BCUT2D eigenvalue weighted by Gasteiger charge is 2.31. The molecule has 2 aliphatic heterocycles. The highest BCUT2D eigenvalue weighted by atomic mass is 16.6. The zero-order valence-electron chi connectivity index (χ0n) is 32.7. The number of nitro benzene ring substituents is 2. The van der Waals surface area contributed by atoms with E-state index in [2.05, 4.69) is 0 Å². The second-order valence-corrected chi connectivity index (χ2v) is 15.1. The van der Waals surface area contributed by atoms with Crippen LogP contribution in [0.2, 0.25) is 0 Å². The van der Waals surface area contributed by atoms with Crippen LogP contribution in [0.4, 0.5) is 21.0 Å². The van der Waals surface area contributed by atoms with E-state index in [1.54, 1.807) is 37.5 Å². The van der Waals surface area contributed by atoms with Crippen LogP contribution in [0.15, 0.2) is 24.3 Å². The Morgan fingerprint density at radius 3 is 1.33 bits per heavy atom. The number of rotatable bonds is 8. The molecule has 302 valence electrons. The van der Waals surface area contributed by atoms with Crippen molar-refractivity contribution >= 4 is 35.5 Å². The van der Waals surface area contributed by atoms with Gasteiger partial charge in [0, 0.05) is 75.1 Å². The normalized spacial score (nSPS) is 15.2. The van der Waals surface area contributed by atoms with E-state index in [1.165, 1.54) is 32.2 Å². The van der Waals surface area contributed by atoms with Gasteiger partial charge in [-0.3, -0.25) is 20.2 Å². The number of likely N-dealkylation sites (tertiary alicyclic amines) is 2. The molecule has 18 heteroatoms. The molecule has 0 aliphatic carbocycles. The zero-order chi connectivity index (χ0) is 41.4. The number of hydrogen-bond donors (Lipinski definition) is 1. The SMILES string of the molecule is COC(=O)c1cc([N+](=O)[O-])c(C)cc1OC1CCN(C(=O)OC(C)(C)C)CC1.Cc1cc(OC2CCN(C(=O)OC(C)(C)C)CC2)c(C(=O)O)cc1[N+](=O)[O-]. The van der Waals surface area contributed by atoms with Crippen molar-refractivity contribution in [2.75, 3.05) is 33.3 Å².